The monoisotopic (exact) mass is 868 g/mol. The van der Waals surface area contributed by atoms with E-state index in [1.165, 1.54) is 96.5 Å². The third-order valence-electron chi connectivity index (χ3n) is 9.63. The summed E-state index contributed by atoms with van der Waals surface area (Å²) >= 11 is 0. The molecule has 0 amide bonds. The lowest BCUT2D eigenvalue weighted by molar-refractivity contribution is 0.366. The smallest absolute Gasteiger partial charge is 0.211 e. The Bertz CT molecular complexity index is 1850. The van der Waals surface area contributed by atoms with E-state index in [4.69, 9.17) is 14.4 Å². The van der Waals surface area contributed by atoms with Gasteiger partial charge >= 0.3 is 0 Å². The van der Waals surface area contributed by atoms with Crippen molar-refractivity contribution in [1.82, 2.24) is 0 Å². The van der Waals surface area contributed by atoms with Crippen molar-refractivity contribution < 1.29 is 38.4 Å². The number of benzene rings is 2. The molecule has 0 bridgehead atoms. The standard InChI is InChI=1S/C16H12N2O2.C8H10N2O2.C8H13NO.C7H14.C3H5NO.2C2H3NO.CH4/c1-11-7-13(3-5-15(11)17-9-19)14-4-6-16(18-10-20)12(2)8-14;11-5-9-7-1-2-8(4-3-7)10-6-12;10-7-9-6-8-4-2-1-3-5-8;1-7-5-3-2-4-6-7;1-2-4-3-5;2*1-3-2-4;/h3-8H,1-2H3;7-8H,1-4H2;8H,1-6H2;7H,2-6H2,1H3;2H2,1H3;2*1H3;1H4. The molecule has 2 aromatic carbocycles. The fourth-order valence-electron chi connectivity index (χ4n) is 6.39. The Hall–Kier alpha value is -6.52. The number of isocyanates is 8. The number of carbonyl (C=O) groups excluding carboxylic acids is 8. The molecule has 0 atom stereocenters. The highest BCUT2D eigenvalue weighted by atomic mass is 16.1. The molecule has 0 spiro atoms. The van der Waals surface area contributed by atoms with Gasteiger partial charge in [0.1, 0.15) is 0 Å². The highest BCUT2D eigenvalue weighted by Crippen LogP contribution is 2.30. The molecule has 0 aliphatic heterocycles. The molecule has 3 saturated carbocycles. The van der Waals surface area contributed by atoms with Gasteiger partial charge in [-0.3, -0.25) is 0 Å². The largest absolute Gasteiger partial charge is 0.240 e. The van der Waals surface area contributed by atoms with Crippen molar-refractivity contribution in [2.45, 2.75) is 137 Å². The Morgan fingerprint density at radius 1 is 0.508 bits per heavy atom. The van der Waals surface area contributed by atoms with Crippen LogP contribution in [0.15, 0.2) is 76.3 Å². The molecule has 0 aromatic heterocycles. The third kappa shape index (κ3) is 32.9. The van der Waals surface area contributed by atoms with Crippen LogP contribution in [0, 0.1) is 25.7 Å². The van der Waals surface area contributed by atoms with E-state index in [0.717, 1.165) is 53.9 Å². The molecule has 0 N–H and O–H groups in total. The van der Waals surface area contributed by atoms with Crippen molar-refractivity contribution in [3.05, 3.63) is 47.5 Å². The maximum atomic E-state index is 10.3. The summed E-state index contributed by atoms with van der Waals surface area (Å²) in [7, 11) is 2.76. The summed E-state index contributed by atoms with van der Waals surface area (Å²) in [6.45, 7) is 9.17. The summed E-state index contributed by atoms with van der Waals surface area (Å²) < 4.78 is 0. The molecular weight excluding hydrogens is 805 g/mol. The van der Waals surface area contributed by atoms with Crippen molar-refractivity contribution in [2.75, 3.05) is 27.2 Å². The Morgan fingerprint density at radius 2 is 0.889 bits per heavy atom. The van der Waals surface area contributed by atoms with E-state index in [2.05, 4.69) is 46.9 Å². The van der Waals surface area contributed by atoms with Crippen LogP contribution < -0.4 is 0 Å². The van der Waals surface area contributed by atoms with E-state index in [0.29, 0.717) is 30.4 Å². The highest BCUT2D eigenvalue weighted by Gasteiger charge is 2.19. The minimum atomic E-state index is 0. The van der Waals surface area contributed by atoms with Gasteiger partial charge in [-0.1, -0.05) is 77.8 Å². The number of aliphatic imine (C=N–C) groups is 8. The number of hydrogen-bond acceptors (Lipinski definition) is 16. The first-order chi connectivity index (χ1) is 30.1. The second-order valence-electron chi connectivity index (χ2n) is 14.2. The zero-order valence-corrected chi connectivity index (χ0v) is 36.9. The lowest BCUT2D eigenvalue weighted by Gasteiger charge is -2.20. The zero-order chi connectivity index (χ0) is 46.6. The number of rotatable bonds is 8. The average molecular weight is 869 g/mol. The van der Waals surface area contributed by atoms with Gasteiger partial charge in [0.25, 0.3) is 0 Å². The molecule has 16 nitrogen and oxygen atoms in total. The summed E-state index contributed by atoms with van der Waals surface area (Å²) in [5, 5.41) is 0. The second kappa shape index (κ2) is 43.6. The van der Waals surface area contributed by atoms with E-state index >= 15 is 0 Å². The van der Waals surface area contributed by atoms with Gasteiger partial charge in [0.15, 0.2) is 0 Å². The molecule has 0 heterocycles. The Morgan fingerprint density at radius 3 is 1.14 bits per heavy atom. The van der Waals surface area contributed by atoms with E-state index in [-0.39, 0.29) is 19.5 Å². The van der Waals surface area contributed by atoms with Crippen molar-refractivity contribution in [3.8, 4) is 11.1 Å². The molecule has 63 heavy (non-hydrogen) atoms. The quantitative estimate of drug-likeness (QED) is 0.182. The lowest BCUT2D eigenvalue weighted by atomic mass is 9.89. The minimum Gasteiger partial charge on any atom is -0.211 e. The molecule has 340 valence electrons. The molecule has 0 saturated heterocycles. The van der Waals surface area contributed by atoms with Crippen LogP contribution in [0.2, 0.25) is 0 Å². The Kier molecular flexibility index (Phi) is 42.0. The number of nitrogens with zero attached hydrogens (tertiary/aromatic N) is 8. The average Bonchev–Trinajstić information content (AvgIpc) is 3.30. The molecule has 0 unspecified atom stereocenters. The zero-order valence-electron chi connectivity index (χ0n) is 36.9. The molecule has 3 aliphatic rings. The molecule has 3 aliphatic carbocycles. The van der Waals surface area contributed by atoms with Crippen LogP contribution in [0.25, 0.3) is 11.1 Å². The fourth-order valence-corrected chi connectivity index (χ4v) is 6.39. The lowest BCUT2D eigenvalue weighted by Crippen LogP contribution is -2.19. The van der Waals surface area contributed by atoms with Gasteiger partial charge in [0, 0.05) is 20.6 Å². The van der Waals surface area contributed by atoms with Crippen molar-refractivity contribution in [2.24, 2.45) is 51.8 Å². The van der Waals surface area contributed by atoms with Crippen molar-refractivity contribution in [3.63, 3.8) is 0 Å². The van der Waals surface area contributed by atoms with Gasteiger partial charge in [-0.15, -0.1) is 0 Å². The molecule has 5 rings (SSSR count). The van der Waals surface area contributed by atoms with Gasteiger partial charge < -0.3 is 0 Å². The summed E-state index contributed by atoms with van der Waals surface area (Å²) in [5.41, 5.74) is 5.05. The molecule has 2 aromatic rings. The topological polar surface area (TPSA) is 235 Å². The first-order valence-electron chi connectivity index (χ1n) is 20.6. The van der Waals surface area contributed by atoms with Crippen LogP contribution in [0.4, 0.5) is 11.4 Å². The number of hydrogen-bond donors (Lipinski definition) is 0. The van der Waals surface area contributed by atoms with Gasteiger partial charge in [0.05, 0.1) is 30.0 Å². The second-order valence-corrected chi connectivity index (χ2v) is 14.2. The van der Waals surface area contributed by atoms with Gasteiger partial charge in [-0.05, 0) is 118 Å². The van der Waals surface area contributed by atoms with Crippen LogP contribution in [-0.4, -0.2) is 87.9 Å². The highest BCUT2D eigenvalue weighted by molar-refractivity contribution is 5.71. The van der Waals surface area contributed by atoms with Crippen LogP contribution in [0.5, 0.6) is 0 Å². The van der Waals surface area contributed by atoms with Crippen LogP contribution in [-0.2, 0) is 38.4 Å². The summed E-state index contributed by atoms with van der Waals surface area (Å²) in [5.74, 6) is 1.71. The fraction of sp³-hybridized carbons (Fsp3) is 0.574. The first kappa shape index (κ1) is 60.8. The van der Waals surface area contributed by atoms with Gasteiger partial charge in [0.2, 0.25) is 48.6 Å². The molecular formula is C47H64N8O8. The maximum absolute atomic E-state index is 10.3. The maximum Gasteiger partial charge on any atom is 0.240 e. The van der Waals surface area contributed by atoms with Gasteiger partial charge in [-0.2, -0.15) is 9.98 Å². The number of aryl methyl sites for hydroxylation is 2. The summed E-state index contributed by atoms with van der Waals surface area (Å²) in [4.78, 5) is 104. The van der Waals surface area contributed by atoms with Gasteiger partial charge in [-0.25, -0.2) is 68.3 Å². The summed E-state index contributed by atoms with van der Waals surface area (Å²) in [6, 6.07) is 11.4. The predicted molar refractivity (Wildman–Crippen MR) is 244 cm³/mol. The Balaban J connectivity index is -0.000000725. The van der Waals surface area contributed by atoms with E-state index in [1.807, 2.05) is 38.1 Å². The van der Waals surface area contributed by atoms with Crippen LogP contribution in [0.3, 0.4) is 0 Å². The van der Waals surface area contributed by atoms with Crippen molar-refractivity contribution >= 4 is 60.0 Å². The van der Waals surface area contributed by atoms with E-state index < -0.39 is 0 Å². The first-order valence-corrected chi connectivity index (χ1v) is 20.6. The third-order valence-corrected chi connectivity index (χ3v) is 9.63. The summed E-state index contributed by atoms with van der Waals surface area (Å²) in [6.07, 6.45) is 29.0. The SMILES string of the molecule is C.CC1CCCCC1.CCN=C=O.CN=C=O.CN=C=O.Cc1cc(-c2ccc(N=C=O)c(C)c2)ccc1N=C=O.O=C=NC1CCC(N=C=O)CC1.O=C=NCC1CCCCC1. The van der Waals surface area contributed by atoms with Crippen LogP contribution >= 0.6 is 0 Å². The van der Waals surface area contributed by atoms with E-state index in [9.17, 15) is 24.0 Å². The predicted octanol–water partition coefficient (Wildman–Crippen LogP) is 10.2. The Labute approximate surface area is 372 Å². The van der Waals surface area contributed by atoms with Crippen molar-refractivity contribution in [1.29, 1.82) is 0 Å². The normalized spacial score (nSPS) is 15.4. The molecule has 16 heteroatoms. The molecule has 3 fully saturated rings. The molecule has 0 radical (unpaired) electrons. The van der Waals surface area contributed by atoms with E-state index in [1.54, 1.807) is 49.5 Å². The van der Waals surface area contributed by atoms with Crippen LogP contribution in [0.1, 0.15) is 122 Å². The minimum absolute atomic E-state index is 0.